The molecule has 2 amide bonds. The van der Waals surface area contributed by atoms with E-state index in [0.29, 0.717) is 16.8 Å². The first-order valence-corrected chi connectivity index (χ1v) is 13.9. The average Bonchev–Trinajstić information content (AvgIpc) is 3.14. The van der Waals surface area contributed by atoms with Crippen LogP contribution < -0.4 is 11.3 Å². The normalized spacial score (nSPS) is 23.8. The van der Waals surface area contributed by atoms with Crippen LogP contribution in [0.15, 0.2) is 90.6 Å². The summed E-state index contributed by atoms with van der Waals surface area (Å²) in [5.41, 5.74) is 3.38. The smallest absolute Gasteiger partial charge is 0.421 e. The van der Waals surface area contributed by atoms with Crippen molar-refractivity contribution in [3.05, 3.63) is 107 Å². The van der Waals surface area contributed by atoms with Crippen LogP contribution in [0.2, 0.25) is 0 Å². The summed E-state index contributed by atoms with van der Waals surface area (Å²) in [4.78, 5) is 44.2. The molecule has 2 aliphatic heterocycles. The van der Waals surface area contributed by atoms with Crippen LogP contribution in [0.5, 0.6) is 0 Å². The van der Waals surface area contributed by atoms with E-state index in [-0.39, 0.29) is 5.57 Å². The van der Waals surface area contributed by atoms with E-state index in [2.05, 4.69) is 4.98 Å². The monoisotopic (exact) mass is 562 g/mol. The van der Waals surface area contributed by atoms with Crippen molar-refractivity contribution in [1.82, 2.24) is 15.3 Å². The number of nitrogens with one attached hydrogen (secondary N) is 1. The Morgan fingerprint density at radius 1 is 1.05 bits per heavy atom. The number of esters is 1. The molecule has 0 radical (unpaired) electrons. The van der Waals surface area contributed by atoms with Crippen molar-refractivity contribution >= 4 is 33.9 Å². The minimum absolute atomic E-state index is 0.0498. The highest BCUT2D eigenvalue weighted by Crippen LogP contribution is 2.50. The van der Waals surface area contributed by atoms with Crippen molar-refractivity contribution in [2.45, 2.75) is 29.2 Å². The number of nitrogens with two attached hydrogens (primary N) is 1. The Labute approximate surface area is 230 Å². The van der Waals surface area contributed by atoms with Gasteiger partial charge in [-0.3, -0.25) is 15.2 Å². The van der Waals surface area contributed by atoms with Crippen LogP contribution in [-0.2, 0) is 28.9 Å². The lowest BCUT2D eigenvalue weighted by Crippen LogP contribution is -2.60. The van der Waals surface area contributed by atoms with Gasteiger partial charge in [0.05, 0.1) is 11.3 Å². The van der Waals surface area contributed by atoms with Crippen LogP contribution in [0.1, 0.15) is 29.8 Å². The Morgan fingerprint density at radius 3 is 2.20 bits per heavy atom. The van der Waals surface area contributed by atoms with Gasteiger partial charge in [0, 0.05) is 6.20 Å². The van der Waals surface area contributed by atoms with E-state index < -0.39 is 56.7 Å². The standard InChI is InChI=1S/C28H26N4O7S/c1-28(17-38-27(35)31-29)23(26(34)39-22(18-10-4-2-5-11-18)19-12-6-3-7-13-19)32-24(33)21(25(32)40(28,36)37)16-20-14-8-9-15-30-20/h2-16,22-23,25H,17,29H2,1H3,(H,31,35)/b21-16-/t23-,25+,28-/m0/s1. The number of hydrogen-bond donors (Lipinski definition) is 2. The van der Waals surface area contributed by atoms with E-state index >= 15 is 0 Å². The second-order valence-corrected chi connectivity index (χ2v) is 12.0. The van der Waals surface area contributed by atoms with Gasteiger partial charge in [-0.15, -0.1) is 0 Å². The number of ether oxygens (including phenoxy) is 2. The van der Waals surface area contributed by atoms with Gasteiger partial charge in [-0.2, -0.15) is 0 Å². The summed E-state index contributed by atoms with van der Waals surface area (Å²) in [6, 6.07) is 21.2. The maximum Gasteiger partial charge on any atom is 0.421 e. The summed E-state index contributed by atoms with van der Waals surface area (Å²) < 4.78 is 36.9. The van der Waals surface area contributed by atoms with Gasteiger partial charge < -0.3 is 14.4 Å². The largest absolute Gasteiger partial charge is 0.451 e. The molecule has 0 bridgehead atoms. The number of hydrogen-bond acceptors (Lipinski definition) is 9. The van der Waals surface area contributed by atoms with Crippen LogP contribution >= 0.6 is 0 Å². The lowest BCUT2D eigenvalue weighted by atomic mass is 9.94. The lowest BCUT2D eigenvalue weighted by molar-refractivity contribution is -0.161. The third kappa shape index (κ3) is 4.50. The minimum atomic E-state index is -4.33. The van der Waals surface area contributed by atoms with Crippen LogP contribution in [0, 0.1) is 0 Å². The Balaban J connectivity index is 1.56. The van der Waals surface area contributed by atoms with Crippen molar-refractivity contribution in [3.63, 3.8) is 0 Å². The number of hydrazine groups is 1. The summed E-state index contributed by atoms with van der Waals surface area (Å²) in [5, 5.41) is -1.46. The van der Waals surface area contributed by atoms with Crippen molar-refractivity contribution < 1.29 is 32.3 Å². The number of carbonyl (C=O) groups excluding carboxylic acids is 3. The molecule has 12 heteroatoms. The number of β-lactam (4-membered cyclic amide) rings is 1. The summed E-state index contributed by atoms with van der Waals surface area (Å²) in [6.07, 6.45) is 0.890. The predicted octanol–water partition coefficient (Wildman–Crippen LogP) is 2.12. The molecule has 5 rings (SSSR count). The molecule has 0 spiro atoms. The second-order valence-electron chi connectivity index (χ2n) is 9.54. The molecule has 1 aromatic heterocycles. The predicted molar refractivity (Wildman–Crippen MR) is 143 cm³/mol. The fourth-order valence-corrected chi connectivity index (χ4v) is 7.29. The summed E-state index contributed by atoms with van der Waals surface area (Å²) in [5.74, 6) is 3.48. The molecule has 0 unspecified atom stereocenters. The highest BCUT2D eigenvalue weighted by Gasteiger charge is 2.73. The molecule has 0 saturated carbocycles. The molecule has 11 nitrogen and oxygen atoms in total. The van der Waals surface area contributed by atoms with E-state index in [1.54, 1.807) is 72.2 Å². The molecule has 3 heterocycles. The molecule has 2 aliphatic rings. The topological polar surface area (TPSA) is 158 Å². The van der Waals surface area contributed by atoms with Crippen LogP contribution in [-0.4, -0.2) is 59.0 Å². The van der Waals surface area contributed by atoms with E-state index in [1.807, 2.05) is 12.1 Å². The Morgan fingerprint density at radius 2 is 1.65 bits per heavy atom. The van der Waals surface area contributed by atoms with Crippen molar-refractivity contribution in [2.75, 3.05) is 6.61 Å². The number of aromatic nitrogens is 1. The summed E-state index contributed by atoms with van der Waals surface area (Å²) >= 11 is 0. The first kappa shape index (κ1) is 27.0. The van der Waals surface area contributed by atoms with Gasteiger partial charge in [0.1, 0.15) is 11.4 Å². The SMILES string of the molecule is C[C@]1(COC(=O)NN)[C@H](C(=O)OC(c2ccccc2)c2ccccc2)N2C(=O)/C(=C/c3ccccn3)[C@H]2S1(=O)=O. The minimum Gasteiger partial charge on any atom is -0.451 e. The number of carbonyl (C=O) groups is 3. The maximum absolute atomic E-state index is 14.0. The zero-order valence-electron chi connectivity index (χ0n) is 21.3. The molecule has 3 N–H and O–H groups in total. The highest BCUT2D eigenvalue weighted by atomic mass is 32.2. The van der Waals surface area contributed by atoms with Crippen molar-refractivity contribution in [3.8, 4) is 0 Å². The number of rotatable bonds is 7. The molecular weight excluding hydrogens is 536 g/mol. The first-order chi connectivity index (χ1) is 19.2. The van der Waals surface area contributed by atoms with E-state index in [9.17, 15) is 22.8 Å². The maximum atomic E-state index is 14.0. The fourth-order valence-electron chi connectivity index (χ4n) is 5.01. The van der Waals surface area contributed by atoms with Gasteiger partial charge in [0.25, 0.3) is 5.91 Å². The van der Waals surface area contributed by atoms with Crippen LogP contribution in [0.3, 0.4) is 0 Å². The van der Waals surface area contributed by atoms with Crippen molar-refractivity contribution in [2.24, 2.45) is 5.84 Å². The summed E-state index contributed by atoms with van der Waals surface area (Å²) in [6.45, 7) is 0.499. The average molecular weight is 563 g/mol. The number of amides is 2. The summed E-state index contributed by atoms with van der Waals surface area (Å²) in [7, 11) is -4.33. The molecule has 3 atom stereocenters. The fraction of sp³-hybridized carbons (Fsp3) is 0.214. The molecule has 3 aromatic rings. The van der Waals surface area contributed by atoms with E-state index in [0.717, 1.165) is 4.90 Å². The first-order valence-electron chi connectivity index (χ1n) is 12.3. The van der Waals surface area contributed by atoms with Gasteiger partial charge >= 0.3 is 12.1 Å². The van der Waals surface area contributed by atoms with Crippen LogP contribution in [0.25, 0.3) is 6.08 Å². The molecule has 206 valence electrons. The number of fused-ring (bicyclic) bond motifs is 1. The van der Waals surface area contributed by atoms with Gasteiger partial charge in [0.2, 0.25) is 0 Å². The van der Waals surface area contributed by atoms with E-state index in [4.69, 9.17) is 15.3 Å². The third-order valence-electron chi connectivity index (χ3n) is 7.06. The Hall–Kier alpha value is -4.55. The number of pyridine rings is 1. The van der Waals surface area contributed by atoms with Gasteiger partial charge in [0.15, 0.2) is 27.4 Å². The molecule has 2 saturated heterocycles. The number of nitrogens with zero attached hydrogens (tertiary/aromatic N) is 2. The van der Waals surface area contributed by atoms with Gasteiger partial charge in [-0.05, 0) is 36.3 Å². The molecule has 0 aliphatic carbocycles. The molecular formula is C28H26N4O7S. The second kappa shape index (κ2) is 10.5. The number of benzene rings is 2. The quantitative estimate of drug-likeness (QED) is 0.110. The molecule has 40 heavy (non-hydrogen) atoms. The lowest BCUT2D eigenvalue weighted by Gasteiger charge is -2.39. The van der Waals surface area contributed by atoms with Gasteiger partial charge in [-0.25, -0.2) is 23.8 Å². The molecule has 2 fully saturated rings. The highest BCUT2D eigenvalue weighted by molar-refractivity contribution is 7.94. The Kier molecular flexibility index (Phi) is 7.13. The molecule has 2 aromatic carbocycles. The van der Waals surface area contributed by atoms with Crippen LogP contribution in [0.4, 0.5) is 4.79 Å². The van der Waals surface area contributed by atoms with Crippen molar-refractivity contribution in [1.29, 1.82) is 0 Å². The van der Waals surface area contributed by atoms with Gasteiger partial charge in [-0.1, -0.05) is 66.7 Å². The van der Waals surface area contributed by atoms with E-state index in [1.165, 1.54) is 19.2 Å². The third-order valence-corrected chi connectivity index (χ3v) is 9.77. The number of sulfone groups is 1. The Bertz CT molecular complexity index is 1530. The zero-order chi connectivity index (χ0) is 28.5. The zero-order valence-corrected chi connectivity index (χ0v) is 22.2.